The first-order valence-electron chi connectivity index (χ1n) is 6.85. The number of nitrogens with two attached hydrogens (primary N) is 1. The molecule has 0 aliphatic rings. The Morgan fingerprint density at radius 1 is 1.38 bits per heavy atom. The van der Waals surface area contributed by atoms with Gasteiger partial charge in [-0.3, -0.25) is 4.79 Å². The summed E-state index contributed by atoms with van der Waals surface area (Å²) in [6.45, 7) is 4.45. The van der Waals surface area contributed by atoms with E-state index < -0.39 is 10.0 Å². The number of likely N-dealkylation sites (N-methyl/N-ethyl adjacent to an activating group) is 1. The van der Waals surface area contributed by atoms with Gasteiger partial charge in [0, 0.05) is 20.1 Å². The summed E-state index contributed by atoms with van der Waals surface area (Å²) >= 11 is 0. The number of aryl methyl sites for hydroxylation is 1. The minimum Gasteiger partial charge on any atom is -0.355 e. The molecule has 0 radical (unpaired) electrons. The van der Waals surface area contributed by atoms with E-state index in [1.807, 2.05) is 13.8 Å². The zero-order valence-electron chi connectivity index (χ0n) is 12.7. The van der Waals surface area contributed by atoms with Crippen LogP contribution in [0.3, 0.4) is 0 Å². The lowest BCUT2D eigenvalue weighted by Crippen LogP contribution is -2.38. The summed E-state index contributed by atoms with van der Waals surface area (Å²) in [4.78, 5) is 11.8. The van der Waals surface area contributed by atoms with Crippen molar-refractivity contribution in [2.45, 2.75) is 31.7 Å². The van der Waals surface area contributed by atoms with Crippen LogP contribution in [0.5, 0.6) is 0 Å². The normalized spacial score (nSPS) is 11.7. The van der Waals surface area contributed by atoms with Gasteiger partial charge in [-0.25, -0.2) is 8.42 Å². The molecule has 0 heterocycles. The second kappa shape index (κ2) is 7.53. The van der Waals surface area contributed by atoms with E-state index >= 15 is 0 Å². The number of hydrogen-bond acceptors (Lipinski definition) is 4. The molecule has 1 rings (SSSR count). The van der Waals surface area contributed by atoms with Gasteiger partial charge in [0.1, 0.15) is 0 Å². The minimum atomic E-state index is -3.67. The van der Waals surface area contributed by atoms with E-state index in [0.717, 1.165) is 21.9 Å². The van der Waals surface area contributed by atoms with E-state index in [-0.39, 0.29) is 17.3 Å². The van der Waals surface area contributed by atoms with Gasteiger partial charge in [-0.2, -0.15) is 4.31 Å². The summed E-state index contributed by atoms with van der Waals surface area (Å²) < 4.78 is 25.9. The summed E-state index contributed by atoms with van der Waals surface area (Å²) in [7, 11) is -2.28. The van der Waals surface area contributed by atoms with Crippen molar-refractivity contribution in [3.05, 3.63) is 29.3 Å². The number of nitrogens with zero attached hydrogens (tertiary/aromatic N) is 1. The molecule has 0 unspecified atom stereocenters. The number of nitrogens with one attached hydrogen (secondary N) is 1. The molecule has 0 aliphatic heterocycles. The smallest absolute Gasteiger partial charge is 0.243 e. The topological polar surface area (TPSA) is 92.5 Å². The fourth-order valence-electron chi connectivity index (χ4n) is 1.85. The fraction of sp³-hybridized carbons (Fsp3) is 0.500. The lowest BCUT2D eigenvalue weighted by atomic mass is 10.1. The molecule has 1 amide bonds. The Balaban J connectivity index is 2.89. The van der Waals surface area contributed by atoms with E-state index in [9.17, 15) is 13.2 Å². The lowest BCUT2D eigenvalue weighted by molar-refractivity contribution is -0.121. The van der Waals surface area contributed by atoms with Crippen molar-refractivity contribution >= 4 is 15.9 Å². The quantitative estimate of drug-likeness (QED) is 0.771. The van der Waals surface area contributed by atoms with Crippen LogP contribution in [0.1, 0.15) is 24.5 Å². The van der Waals surface area contributed by atoms with Crippen LogP contribution >= 0.6 is 0 Å². The van der Waals surface area contributed by atoms with Crippen LogP contribution in [0, 0.1) is 6.92 Å². The predicted molar refractivity (Wildman–Crippen MR) is 82.2 cm³/mol. The minimum absolute atomic E-state index is 0.169. The van der Waals surface area contributed by atoms with E-state index in [1.165, 1.54) is 13.1 Å². The molecule has 0 aliphatic carbocycles. The summed E-state index contributed by atoms with van der Waals surface area (Å²) in [5.41, 5.74) is 7.29. The van der Waals surface area contributed by atoms with Crippen molar-refractivity contribution in [1.29, 1.82) is 0 Å². The van der Waals surface area contributed by atoms with Crippen LogP contribution < -0.4 is 11.1 Å². The van der Waals surface area contributed by atoms with Crippen molar-refractivity contribution < 1.29 is 13.2 Å². The van der Waals surface area contributed by atoms with Gasteiger partial charge in [0.25, 0.3) is 0 Å². The molecule has 0 spiro atoms. The van der Waals surface area contributed by atoms with Crippen LogP contribution in [0.15, 0.2) is 23.1 Å². The molecule has 0 saturated carbocycles. The van der Waals surface area contributed by atoms with Crippen molar-refractivity contribution in [2.24, 2.45) is 5.73 Å². The average Bonchev–Trinajstić information content (AvgIpc) is 2.44. The molecule has 7 heteroatoms. The molecule has 6 nitrogen and oxygen atoms in total. The van der Waals surface area contributed by atoms with E-state index in [2.05, 4.69) is 5.32 Å². The maximum atomic E-state index is 12.4. The number of rotatable bonds is 7. The molecule has 1 aromatic carbocycles. The van der Waals surface area contributed by atoms with Gasteiger partial charge in [0.15, 0.2) is 0 Å². The summed E-state index contributed by atoms with van der Waals surface area (Å²) in [6.07, 6.45) is 0.807. The van der Waals surface area contributed by atoms with Gasteiger partial charge in [-0.1, -0.05) is 13.0 Å². The first-order valence-corrected chi connectivity index (χ1v) is 8.29. The Hall–Kier alpha value is -1.44. The lowest BCUT2D eigenvalue weighted by Gasteiger charge is -2.17. The summed E-state index contributed by atoms with van der Waals surface area (Å²) in [5.74, 6) is -0.307. The summed E-state index contributed by atoms with van der Waals surface area (Å²) in [5, 5.41) is 2.65. The molecule has 0 aromatic heterocycles. The second-order valence-corrected chi connectivity index (χ2v) is 6.95. The van der Waals surface area contributed by atoms with Crippen molar-refractivity contribution in [3.63, 3.8) is 0 Å². The van der Waals surface area contributed by atoms with Gasteiger partial charge in [-0.15, -0.1) is 0 Å². The summed E-state index contributed by atoms with van der Waals surface area (Å²) in [6, 6.07) is 4.80. The highest BCUT2D eigenvalue weighted by Gasteiger charge is 2.23. The van der Waals surface area contributed by atoms with Gasteiger partial charge in [0.2, 0.25) is 15.9 Å². The zero-order chi connectivity index (χ0) is 16.0. The van der Waals surface area contributed by atoms with Crippen molar-refractivity contribution in [1.82, 2.24) is 9.62 Å². The third-order valence-electron chi connectivity index (χ3n) is 3.18. The number of amides is 1. The molecule has 0 bridgehead atoms. The van der Waals surface area contributed by atoms with Gasteiger partial charge >= 0.3 is 0 Å². The Bertz CT molecular complexity index is 599. The number of carbonyl (C=O) groups is 1. The van der Waals surface area contributed by atoms with Crippen LogP contribution in [-0.4, -0.2) is 38.8 Å². The Labute approximate surface area is 126 Å². The maximum Gasteiger partial charge on any atom is 0.243 e. The third-order valence-corrected chi connectivity index (χ3v) is 4.98. The highest BCUT2D eigenvalue weighted by Crippen LogP contribution is 2.18. The SMILES string of the molecule is CCCNC(=O)CN(C)S(=O)(=O)c1ccc(CN)c(C)c1. The van der Waals surface area contributed by atoms with Crippen molar-refractivity contribution in [2.75, 3.05) is 20.1 Å². The highest BCUT2D eigenvalue weighted by molar-refractivity contribution is 7.89. The van der Waals surface area contributed by atoms with Gasteiger partial charge < -0.3 is 11.1 Å². The van der Waals surface area contributed by atoms with Crippen LogP contribution in [0.2, 0.25) is 0 Å². The second-order valence-electron chi connectivity index (χ2n) is 4.90. The Kier molecular flexibility index (Phi) is 6.32. The molecule has 118 valence electrons. The van der Waals surface area contributed by atoms with E-state index in [1.54, 1.807) is 12.1 Å². The number of hydrogen-bond donors (Lipinski definition) is 2. The van der Waals surface area contributed by atoms with Crippen LogP contribution in [-0.2, 0) is 21.4 Å². The monoisotopic (exact) mass is 313 g/mol. The highest BCUT2D eigenvalue weighted by atomic mass is 32.2. The zero-order valence-corrected chi connectivity index (χ0v) is 13.5. The van der Waals surface area contributed by atoms with Crippen molar-refractivity contribution in [3.8, 4) is 0 Å². The molecule has 1 aromatic rings. The Morgan fingerprint density at radius 2 is 2.05 bits per heavy atom. The largest absolute Gasteiger partial charge is 0.355 e. The average molecular weight is 313 g/mol. The molecule has 0 atom stereocenters. The molecular formula is C14H23N3O3S. The standard InChI is InChI=1S/C14H23N3O3S/c1-4-7-16-14(18)10-17(3)21(19,20)13-6-5-12(9-15)11(2)8-13/h5-6,8H,4,7,9-10,15H2,1-3H3,(H,16,18). The third kappa shape index (κ3) is 4.52. The molecule has 21 heavy (non-hydrogen) atoms. The maximum absolute atomic E-state index is 12.4. The predicted octanol–water partition coefficient (Wildman–Crippen LogP) is 0.600. The number of carbonyl (C=O) groups excluding carboxylic acids is 1. The van der Waals surface area contributed by atoms with Crippen LogP contribution in [0.4, 0.5) is 0 Å². The Morgan fingerprint density at radius 3 is 2.57 bits per heavy atom. The van der Waals surface area contributed by atoms with Gasteiger partial charge in [0.05, 0.1) is 11.4 Å². The molecule has 3 N–H and O–H groups in total. The number of sulfonamides is 1. The molecule has 0 saturated heterocycles. The van der Waals surface area contributed by atoms with Crippen LogP contribution in [0.25, 0.3) is 0 Å². The van der Waals surface area contributed by atoms with Gasteiger partial charge in [-0.05, 0) is 36.6 Å². The fourth-order valence-corrected chi connectivity index (χ4v) is 3.06. The molecular weight excluding hydrogens is 290 g/mol. The number of benzene rings is 1. The first-order chi connectivity index (χ1) is 9.82. The molecule has 0 fully saturated rings. The van der Waals surface area contributed by atoms with E-state index in [0.29, 0.717) is 13.1 Å². The van der Waals surface area contributed by atoms with E-state index in [4.69, 9.17) is 5.73 Å². The first kappa shape index (κ1) is 17.6.